The number of rotatable bonds is 10. The molecule has 1 aromatic heterocycles. The number of H-pyrrole nitrogens is 1. The van der Waals surface area contributed by atoms with Gasteiger partial charge < -0.3 is 29.4 Å². The Bertz CT molecular complexity index is 1190. The Morgan fingerprint density at radius 3 is 2.18 bits per heavy atom. The molecule has 2 heterocycles. The van der Waals surface area contributed by atoms with E-state index in [4.69, 9.17) is 14.5 Å². The molecule has 1 aromatic rings. The number of phosphoric acid groups is 3. The Hall–Kier alpha value is -0.800. The predicted octanol–water partition coefficient (Wildman–Crippen LogP) is -0.324. The van der Waals surface area contributed by atoms with Crippen LogP contribution < -0.4 is 11.2 Å². The molecule has 33 heavy (non-hydrogen) atoms. The van der Waals surface area contributed by atoms with Crippen molar-refractivity contribution in [2.24, 2.45) is 0 Å². The third-order valence-corrected chi connectivity index (χ3v) is 9.54. The molecule has 0 saturated carbocycles. The van der Waals surface area contributed by atoms with Gasteiger partial charge in [-0.15, -0.1) is 0 Å². The molecule has 22 heteroatoms. The van der Waals surface area contributed by atoms with Crippen LogP contribution in [0.3, 0.4) is 0 Å². The van der Waals surface area contributed by atoms with Gasteiger partial charge in [0, 0.05) is 24.8 Å². The van der Waals surface area contributed by atoms with Crippen LogP contribution >= 0.6 is 31.1 Å². The number of ether oxygens (including phenoxy) is 1. The maximum atomic E-state index is 11.9. The largest absolute Gasteiger partial charge is 0.490 e. The fraction of sp³-hybridized carbons (Fsp3) is 0.636. The van der Waals surface area contributed by atoms with E-state index in [0.29, 0.717) is 6.66 Å². The second-order valence-electron chi connectivity index (χ2n) is 6.66. The minimum Gasteiger partial charge on any atom is -0.390 e. The van der Waals surface area contributed by atoms with Gasteiger partial charge in [-0.05, 0) is 6.92 Å². The van der Waals surface area contributed by atoms with E-state index in [-0.39, 0.29) is 12.0 Å². The van der Waals surface area contributed by atoms with Crippen molar-refractivity contribution in [3.8, 4) is 0 Å². The third-order valence-electron chi connectivity index (χ3n) is 3.73. The van der Waals surface area contributed by atoms with Crippen LogP contribution in [0.1, 0.15) is 18.2 Å². The van der Waals surface area contributed by atoms with Gasteiger partial charge in [-0.3, -0.25) is 23.4 Å². The van der Waals surface area contributed by atoms with Crippen molar-refractivity contribution in [1.29, 1.82) is 0 Å². The highest BCUT2D eigenvalue weighted by molar-refractivity contribution is 7.70. The summed E-state index contributed by atoms with van der Waals surface area (Å²) in [6.07, 6.45) is -2.87. The zero-order valence-corrected chi connectivity index (χ0v) is 20.3. The van der Waals surface area contributed by atoms with Crippen molar-refractivity contribution >= 4 is 31.1 Å². The van der Waals surface area contributed by atoms with E-state index in [1.165, 1.54) is 6.92 Å². The maximum Gasteiger partial charge on any atom is 0.490 e. The molecule has 4 unspecified atom stereocenters. The zero-order valence-electron chi connectivity index (χ0n) is 16.7. The summed E-state index contributed by atoms with van der Waals surface area (Å²) >= 11 is 0. The van der Waals surface area contributed by atoms with Crippen molar-refractivity contribution in [1.82, 2.24) is 9.55 Å². The second kappa shape index (κ2) is 10.1. The Balaban J connectivity index is 2.01. The lowest BCUT2D eigenvalue weighted by Gasteiger charge is -2.20. The second-order valence-corrected chi connectivity index (χ2v) is 13.3. The van der Waals surface area contributed by atoms with E-state index in [1.54, 1.807) is 0 Å². The van der Waals surface area contributed by atoms with Gasteiger partial charge in [0.05, 0.1) is 12.7 Å². The molecule has 2 rings (SSSR count). The molecular formula is C11H20N2O16P4. The van der Waals surface area contributed by atoms with E-state index < -0.39 is 67.4 Å². The molecule has 0 radical (unpaired) electrons. The Morgan fingerprint density at radius 2 is 1.61 bits per heavy atom. The average Bonchev–Trinajstić information content (AvgIpc) is 2.92. The number of nitrogens with one attached hydrogen (secondary N) is 1. The van der Waals surface area contributed by atoms with Crippen molar-refractivity contribution in [3.05, 3.63) is 32.6 Å². The van der Waals surface area contributed by atoms with Gasteiger partial charge in [-0.2, -0.15) is 8.62 Å². The topological polar surface area (TPSA) is 270 Å². The molecule has 0 aromatic carbocycles. The summed E-state index contributed by atoms with van der Waals surface area (Å²) in [5.41, 5.74) is -1.33. The third kappa shape index (κ3) is 8.73. The van der Waals surface area contributed by atoms with Crippen LogP contribution in [-0.4, -0.2) is 59.7 Å². The van der Waals surface area contributed by atoms with E-state index in [0.717, 1.165) is 10.8 Å². The van der Waals surface area contributed by atoms with Crippen LogP contribution in [0.5, 0.6) is 0 Å². The fourth-order valence-electron chi connectivity index (χ4n) is 2.51. The minimum absolute atomic E-state index is 0.158. The maximum absolute atomic E-state index is 11.9. The number of phosphoric ester groups is 1. The predicted molar refractivity (Wildman–Crippen MR) is 105 cm³/mol. The molecular weight excluding hydrogens is 540 g/mol. The molecule has 0 aliphatic carbocycles. The van der Waals surface area contributed by atoms with Gasteiger partial charge in [0.2, 0.25) is 0 Å². The molecule has 190 valence electrons. The Kier molecular flexibility index (Phi) is 8.66. The first kappa shape index (κ1) is 28.4. The summed E-state index contributed by atoms with van der Waals surface area (Å²) in [6.45, 7) is 0.924. The summed E-state index contributed by atoms with van der Waals surface area (Å²) < 4.78 is 67.8. The Labute approximate surface area is 184 Å². The van der Waals surface area contributed by atoms with E-state index >= 15 is 0 Å². The standard InChI is InChI=1S/C11H20N2O16P4/c1-6-4-13(11(16)12-10(6)15)9-3-7(14)8(26-9)5-25-31(19,20)28-33(23,24)29-32(21,22)27-30(2,17)18/h4,7-9,14H,3,5H2,1-2H3,(H,17,18)(H,19,20)(H,21,22)(H,23,24)(H,12,15,16)/t7-,8-,9-/m1/s1. The smallest absolute Gasteiger partial charge is 0.390 e. The molecule has 1 aliphatic heterocycles. The molecule has 0 bridgehead atoms. The monoisotopic (exact) mass is 560 g/mol. The van der Waals surface area contributed by atoms with Crippen molar-refractivity contribution in [3.63, 3.8) is 0 Å². The normalized spacial score (nSPS) is 28.4. The number of aliphatic hydroxyl groups is 1. The summed E-state index contributed by atoms with van der Waals surface area (Å²) in [5.74, 6) is 0. The van der Waals surface area contributed by atoms with Crippen LogP contribution in [0.4, 0.5) is 0 Å². The highest BCUT2D eigenvalue weighted by atomic mass is 31.3. The lowest BCUT2D eigenvalue weighted by molar-refractivity contribution is -0.0450. The quantitative estimate of drug-likeness (QED) is 0.200. The molecule has 1 aliphatic rings. The van der Waals surface area contributed by atoms with Crippen LogP contribution in [0.25, 0.3) is 0 Å². The van der Waals surface area contributed by atoms with Crippen LogP contribution in [-0.2, 0) is 40.5 Å². The highest BCUT2D eigenvalue weighted by Crippen LogP contribution is 2.70. The molecule has 0 amide bonds. The van der Waals surface area contributed by atoms with Gasteiger partial charge >= 0.3 is 36.8 Å². The molecule has 1 saturated heterocycles. The van der Waals surface area contributed by atoms with Crippen molar-refractivity contribution < 1.29 is 65.1 Å². The number of hydrogen-bond acceptors (Lipinski definition) is 12. The summed E-state index contributed by atoms with van der Waals surface area (Å²) in [4.78, 5) is 62.4. The number of aryl methyl sites for hydroxylation is 1. The summed E-state index contributed by atoms with van der Waals surface area (Å²) in [7, 11) is -21.7. The first-order chi connectivity index (χ1) is 14.8. The van der Waals surface area contributed by atoms with Crippen LogP contribution in [0, 0.1) is 6.92 Å². The summed E-state index contributed by atoms with van der Waals surface area (Å²) in [5, 5.41) is 10.1. The van der Waals surface area contributed by atoms with Gasteiger partial charge in [0.25, 0.3) is 5.56 Å². The number of aliphatic hydroxyl groups excluding tert-OH is 1. The summed E-state index contributed by atoms with van der Waals surface area (Å²) in [6, 6.07) is 0. The molecule has 18 nitrogen and oxygen atoms in total. The molecule has 7 atom stereocenters. The van der Waals surface area contributed by atoms with Gasteiger partial charge in [-0.1, -0.05) is 0 Å². The average molecular weight is 560 g/mol. The molecule has 1 fully saturated rings. The van der Waals surface area contributed by atoms with Gasteiger partial charge in [0.15, 0.2) is 0 Å². The highest BCUT2D eigenvalue weighted by Gasteiger charge is 2.45. The molecule has 0 spiro atoms. The first-order valence-corrected chi connectivity index (χ1v) is 15.0. The van der Waals surface area contributed by atoms with E-state index in [9.17, 15) is 42.7 Å². The van der Waals surface area contributed by atoms with Crippen LogP contribution in [0.15, 0.2) is 15.8 Å². The first-order valence-electron chi connectivity index (χ1n) is 8.52. The molecule has 6 N–H and O–H groups in total. The van der Waals surface area contributed by atoms with Crippen LogP contribution in [0.2, 0.25) is 0 Å². The number of nitrogens with zero attached hydrogens (tertiary/aromatic N) is 1. The van der Waals surface area contributed by atoms with Gasteiger partial charge in [0.1, 0.15) is 12.3 Å². The number of hydrogen-bond donors (Lipinski definition) is 6. The van der Waals surface area contributed by atoms with E-state index in [1.807, 2.05) is 4.98 Å². The lowest BCUT2D eigenvalue weighted by atomic mass is 10.2. The van der Waals surface area contributed by atoms with Crippen molar-refractivity contribution in [2.75, 3.05) is 13.3 Å². The number of aromatic amines is 1. The zero-order chi connectivity index (χ0) is 25.4. The van der Waals surface area contributed by atoms with Crippen molar-refractivity contribution in [2.45, 2.75) is 31.8 Å². The number of aromatic nitrogens is 2. The van der Waals surface area contributed by atoms with E-state index in [2.05, 4.69) is 17.5 Å². The van der Waals surface area contributed by atoms with Gasteiger partial charge in [-0.25, -0.2) is 22.8 Å². The minimum atomic E-state index is -5.87. The Morgan fingerprint density at radius 1 is 1.06 bits per heavy atom. The fourth-order valence-corrected chi connectivity index (χ4v) is 7.43. The SMILES string of the molecule is Cc1cn([C@H]2C[C@@H](O)[C@@H](COP(=O)(O)OP(=O)(O)OP(=O)(O)OP(C)(=O)O)O2)c(=O)[nH]c1=O. The lowest BCUT2D eigenvalue weighted by Crippen LogP contribution is -2.33.